The molecular formula is C18H23N3O4. The number of ether oxygens (including phenoxy) is 2. The van der Waals surface area contributed by atoms with Crippen LogP contribution in [0.4, 0.5) is 0 Å². The average molecular weight is 345 g/mol. The first-order valence-electron chi connectivity index (χ1n) is 8.55. The number of rotatable bonds is 6. The number of carbonyl (C=O) groups is 1. The smallest absolute Gasteiger partial charge is 0.310 e. The number of aromatic nitrogens is 2. The fourth-order valence-electron chi connectivity index (χ4n) is 3.02. The van der Waals surface area contributed by atoms with Crippen molar-refractivity contribution in [1.29, 1.82) is 0 Å². The number of methoxy groups -OCH3 is 1. The quantitative estimate of drug-likeness (QED) is 0.744. The number of esters is 1. The molecule has 2 aromatic rings. The van der Waals surface area contributed by atoms with Crippen molar-refractivity contribution in [3.05, 3.63) is 30.2 Å². The predicted octanol–water partition coefficient (Wildman–Crippen LogP) is 2.52. The Labute approximate surface area is 146 Å². The van der Waals surface area contributed by atoms with Crippen LogP contribution in [0, 0.1) is 5.92 Å². The minimum atomic E-state index is -0.114. The molecule has 1 aliphatic rings. The molecule has 1 fully saturated rings. The van der Waals surface area contributed by atoms with E-state index in [-0.39, 0.29) is 11.9 Å². The van der Waals surface area contributed by atoms with E-state index in [2.05, 4.69) is 15.0 Å². The SMILES string of the molecule is CCOC(=O)[C@@H]1CCCN(Cc2nc(-c3ccc(OC)cc3)no2)C1. The van der Waals surface area contributed by atoms with Crippen molar-refractivity contribution < 1.29 is 18.8 Å². The Morgan fingerprint density at radius 1 is 1.36 bits per heavy atom. The molecule has 0 bridgehead atoms. The van der Waals surface area contributed by atoms with Crippen molar-refractivity contribution in [2.45, 2.75) is 26.3 Å². The van der Waals surface area contributed by atoms with Gasteiger partial charge in [-0.15, -0.1) is 0 Å². The molecule has 1 aromatic carbocycles. The van der Waals surface area contributed by atoms with Gasteiger partial charge in [0.05, 0.1) is 26.2 Å². The number of benzene rings is 1. The van der Waals surface area contributed by atoms with Crippen LogP contribution in [0.15, 0.2) is 28.8 Å². The van der Waals surface area contributed by atoms with Crippen molar-refractivity contribution >= 4 is 5.97 Å². The second-order valence-electron chi connectivity index (χ2n) is 6.07. The Morgan fingerprint density at radius 3 is 2.88 bits per heavy atom. The molecule has 0 unspecified atom stereocenters. The molecule has 0 aliphatic carbocycles. The molecule has 1 atom stereocenters. The molecule has 1 aliphatic heterocycles. The molecule has 134 valence electrons. The van der Waals surface area contributed by atoms with Crippen LogP contribution >= 0.6 is 0 Å². The van der Waals surface area contributed by atoms with Crippen LogP contribution in [0.3, 0.4) is 0 Å². The second kappa shape index (κ2) is 8.11. The summed E-state index contributed by atoms with van der Waals surface area (Å²) in [6, 6.07) is 7.51. The molecule has 25 heavy (non-hydrogen) atoms. The fraction of sp³-hybridized carbons (Fsp3) is 0.500. The van der Waals surface area contributed by atoms with Gasteiger partial charge in [0, 0.05) is 12.1 Å². The van der Waals surface area contributed by atoms with Crippen LogP contribution in [0.2, 0.25) is 0 Å². The Hall–Kier alpha value is -2.41. The van der Waals surface area contributed by atoms with Gasteiger partial charge in [-0.2, -0.15) is 4.98 Å². The number of carbonyl (C=O) groups excluding carboxylic acids is 1. The third-order valence-corrected chi connectivity index (χ3v) is 4.30. The van der Waals surface area contributed by atoms with E-state index in [1.165, 1.54) is 0 Å². The third kappa shape index (κ3) is 4.36. The van der Waals surface area contributed by atoms with Gasteiger partial charge in [-0.05, 0) is 50.6 Å². The summed E-state index contributed by atoms with van der Waals surface area (Å²) >= 11 is 0. The van der Waals surface area contributed by atoms with Crippen LogP contribution in [0.5, 0.6) is 5.75 Å². The first-order valence-corrected chi connectivity index (χ1v) is 8.55. The molecule has 2 heterocycles. The summed E-state index contributed by atoms with van der Waals surface area (Å²) in [7, 11) is 1.63. The average Bonchev–Trinajstić information content (AvgIpc) is 3.10. The van der Waals surface area contributed by atoms with Gasteiger partial charge in [0.1, 0.15) is 5.75 Å². The number of likely N-dealkylation sites (tertiary alicyclic amines) is 1. The number of hydrogen-bond acceptors (Lipinski definition) is 7. The molecule has 7 heteroatoms. The van der Waals surface area contributed by atoms with Gasteiger partial charge in [0.25, 0.3) is 0 Å². The fourth-order valence-corrected chi connectivity index (χ4v) is 3.02. The van der Waals surface area contributed by atoms with Gasteiger partial charge in [-0.1, -0.05) is 5.16 Å². The number of piperidine rings is 1. The lowest BCUT2D eigenvalue weighted by molar-refractivity contribution is -0.150. The van der Waals surface area contributed by atoms with Crippen LogP contribution in [-0.4, -0.2) is 47.8 Å². The summed E-state index contributed by atoms with van der Waals surface area (Å²) in [6.07, 6.45) is 1.83. The molecule has 1 saturated heterocycles. The highest BCUT2D eigenvalue weighted by Crippen LogP contribution is 2.22. The molecule has 0 radical (unpaired) electrons. The Kier molecular flexibility index (Phi) is 5.65. The summed E-state index contributed by atoms with van der Waals surface area (Å²) in [4.78, 5) is 18.5. The topological polar surface area (TPSA) is 77.7 Å². The molecule has 0 N–H and O–H groups in total. The molecule has 0 spiro atoms. The molecule has 1 aromatic heterocycles. The van der Waals surface area contributed by atoms with E-state index in [1.807, 2.05) is 31.2 Å². The van der Waals surface area contributed by atoms with E-state index < -0.39 is 0 Å². The Bertz CT molecular complexity index is 699. The van der Waals surface area contributed by atoms with Crippen LogP contribution in [-0.2, 0) is 16.1 Å². The minimum Gasteiger partial charge on any atom is -0.497 e. The largest absolute Gasteiger partial charge is 0.497 e. The van der Waals surface area contributed by atoms with E-state index in [0.717, 1.165) is 30.7 Å². The lowest BCUT2D eigenvalue weighted by Crippen LogP contribution is -2.39. The highest BCUT2D eigenvalue weighted by atomic mass is 16.5. The van der Waals surface area contributed by atoms with Gasteiger partial charge in [-0.3, -0.25) is 9.69 Å². The van der Waals surface area contributed by atoms with Gasteiger partial charge in [0.2, 0.25) is 11.7 Å². The van der Waals surface area contributed by atoms with Gasteiger partial charge >= 0.3 is 5.97 Å². The van der Waals surface area contributed by atoms with Crippen molar-refractivity contribution in [3.8, 4) is 17.1 Å². The maximum Gasteiger partial charge on any atom is 0.310 e. The van der Waals surface area contributed by atoms with E-state index >= 15 is 0 Å². The van der Waals surface area contributed by atoms with Crippen LogP contribution in [0.1, 0.15) is 25.7 Å². The zero-order valence-corrected chi connectivity index (χ0v) is 14.6. The van der Waals surface area contributed by atoms with Crippen molar-refractivity contribution in [1.82, 2.24) is 15.0 Å². The summed E-state index contributed by atoms with van der Waals surface area (Å²) in [6.45, 7) is 4.37. The molecule has 0 saturated carbocycles. The first-order chi connectivity index (χ1) is 12.2. The monoisotopic (exact) mass is 345 g/mol. The minimum absolute atomic E-state index is 0.0716. The molecular weight excluding hydrogens is 322 g/mol. The lowest BCUT2D eigenvalue weighted by atomic mass is 9.98. The van der Waals surface area contributed by atoms with E-state index in [4.69, 9.17) is 14.0 Å². The number of hydrogen-bond donors (Lipinski definition) is 0. The summed E-state index contributed by atoms with van der Waals surface area (Å²) < 4.78 is 15.7. The Morgan fingerprint density at radius 2 is 2.16 bits per heavy atom. The molecule has 0 amide bonds. The van der Waals surface area contributed by atoms with E-state index in [1.54, 1.807) is 7.11 Å². The zero-order valence-electron chi connectivity index (χ0n) is 14.6. The van der Waals surface area contributed by atoms with Crippen molar-refractivity contribution in [2.24, 2.45) is 5.92 Å². The van der Waals surface area contributed by atoms with Crippen LogP contribution in [0.25, 0.3) is 11.4 Å². The van der Waals surface area contributed by atoms with Crippen molar-refractivity contribution in [2.75, 3.05) is 26.8 Å². The van der Waals surface area contributed by atoms with Crippen LogP contribution < -0.4 is 4.74 Å². The molecule has 7 nitrogen and oxygen atoms in total. The maximum absolute atomic E-state index is 11.9. The third-order valence-electron chi connectivity index (χ3n) is 4.30. The summed E-state index contributed by atoms with van der Waals surface area (Å²) in [5.41, 5.74) is 0.874. The summed E-state index contributed by atoms with van der Waals surface area (Å²) in [5, 5.41) is 4.05. The Balaban J connectivity index is 1.61. The normalized spacial score (nSPS) is 18.1. The zero-order chi connectivity index (χ0) is 17.6. The predicted molar refractivity (Wildman–Crippen MR) is 90.9 cm³/mol. The second-order valence-corrected chi connectivity index (χ2v) is 6.07. The van der Waals surface area contributed by atoms with E-state index in [9.17, 15) is 4.79 Å². The number of nitrogens with zero attached hydrogens (tertiary/aromatic N) is 3. The molecule has 3 rings (SSSR count). The van der Waals surface area contributed by atoms with Gasteiger partial charge in [0.15, 0.2) is 0 Å². The highest BCUT2D eigenvalue weighted by molar-refractivity contribution is 5.72. The summed E-state index contributed by atoms with van der Waals surface area (Å²) in [5.74, 6) is 1.70. The van der Waals surface area contributed by atoms with Crippen molar-refractivity contribution in [3.63, 3.8) is 0 Å². The van der Waals surface area contributed by atoms with Gasteiger partial charge in [-0.25, -0.2) is 0 Å². The maximum atomic E-state index is 11.9. The first kappa shape index (κ1) is 17.4. The lowest BCUT2D eigenvalue weighted by Gasteiger charge is -2.30. The highest BCUT2D eigenvalue weighted by Gasteiger charge is 2.27. The van der Waals surface area contributed by atoms with E-state index in [0.29, 0.717) is 31.4 Å². The standard InChI is InChI=1S/C18H23N3O4/c1-3-24-18(22)14-5-4-10-21(11-14)12-16-19-17(20-25-16)13-6-8-15(23-2)9-7-13/h6-9,14H,3-5,10-12H2,1-2H3/t14-/m1/s1. The van der Waals surface area contributed by atoms with Gasteiger partial charge < -0.3 is 14.0 Å².